The van der Waals surface area contributed by atoms with E-state index < -0.39 is 23.6 Å². The molecule has 6 heteroatoms. The normalized spacial score (nSPS) is 24.3. The predicted molar refractivity (Wildman–Crippen MR) is 83.1 cm³/mol. The van der Waals surface area contributed by atoms with Gasteiger partial charge in [0.2, 0.25) is 0 Å². The second-order valence-corrected chi connectivity index (χ2v) is 6.89. The standard InChI is InChI=1S/C16H20ClNO4/c1-16(2,3)22-15(21)18-12-8-10(14(19)20)13(12)9-6-4-5-7-11(9)17/h4-7,10,12-13H,8H2,1-3H3,(H,18,21)(H,19,20). The first-order valence-corrected chi connectivity index (χ1v) is 7.53. The summed E-state index contributed by atoms with van der Waals surface area (Å²) in [6.07, 6.45) is -0.178. The number of nitrogens with one attached hydrogen (secondary N) is 1. The maximum atomic E-state index is 11.9. The van der Waals surface area contributed by atoms with Gasteiger partial charge in [-0.1, -0.05) is 29.8 Å². The lowest BCUT2D eigenvalue weighted by molar-refractivity contribution is -0.146. The topological polar surface area (TPSA) is 75.6 Å². The number of rotatable bonds is 3. The monoisotopic (exact) mass is 325 g/mol. The summed E-state index contributed by atoms with van der Waals surface area (Å²) in [5.74, 6) is -1.79. The Morgan fingerprint density at radius 2 is 1.95 bits per heavy atom. The molecule has 1 aromatic carbocycles. The minimum Gasteiger partial charge on any atom is -0.481 e. The lowest BCUT2D eigenvalue weighted by Gasteiger charge is -2.43. The van der Waals surface area contributed by atoms with Crippen LogP contribution in [0.5, 0.6) is 0 Å². The number of carbonyl (C=O) groups is 2. The minimum absolute atomic E-state index is 0.296. The van der Waals surface area contributed by atoms with Gasteiger partial charge in [0.25, 0.3) is 0 Å². The zero-order valence-corrected chi connectivity index (χ0v) is 13.6. The highest BCUT2D eigenvalue weighted by atomic mass is 35.5. The molecular formula is C16H20ClNO4. The third kappa shape index (κ3) is 3.71. The van der Waals surface area contributed by atoms with E-state index in [4.69, 9.17) is 16.3 Å². The summed E-state index contributed by atoms with van der Waals surface area (Å²) in [4.78, 5) is 23.2. The van der Waals surface area contributed by atoms with Crippen LogP contribution in [0.2, 0.25) is 5.02 Å². The van der Waals surface area contributed by atoms with Crippen LogP contribution >= 0.6 is 11.6 Å². The van der Waals surface area contributed by atoms with Gasteiger partial charge in [-0.15, -0.1) is 0 Å². The molecule has 2 N–H and O–H groups in total. The van der Waals surface area contributed by atoms with E-state index in [0.717, 1.165) is 5.56 Å². The van der Waals surface area contributed by atoms with Crippen LogP contribution < -0.4 is 5.32 Å². The molecule has 0 radical (unpaired) electrons. The van der Waals surface area contributed by atoms with E-state index in [1.54, 1.807) is 39.0 Å². The summed E-state index contributed by atoms with van der Waals surface area (Å²) in [6, 6.07) is 6.82. The van der Waals surface area contributed by atoms with Crippen molar-refractivity contribution in [2.45, 2.75) is 44.8 Å². The van der Waals surface area contributed by atoms with E-state index in [-0.39, 0.29) is 12.0 Å². The van der Waals surface area contributed by atoms with Gasteiger partial charge >= 0.3 is 12.1 Å². The first kappa shape index (κ1) is 16.6. The summed E-state index contributed by atoms with van der Waals surface area (Å²) >= 11 is 6.17. The summed E-state index contributed by atoms with van der Waals surface area (Å²) in [5.41, 5.74) is 0.142. The maximum Gasteiger partial charge on any atom is 0.407 e. The molecule has 1 aromatic rings. The molecule has 1 fully saturated rings. The lowest BCUT2D eigenvalue weighted by atomic mass is 9.66. The highest BCUT2D eigenvalue weighted by Gasteiger charge is 2.48. The molecule has 0 aromatic heterocycles. The van der Waals surface area contributed by atoms with Gasteiger partial charge in [-0.3, -0.25) is 4.79 Å². The molecule has 1 aliphatic rings. The third-order valence-electron chi connectivity index (χ3n) is 3.66. The van der Waals surface area contributed by atoms with Gasteiger partial charge in [0.05, 0.1) is 5.92 Å². The molecule has 0 aliphatic heterocycles. The zero-order chi connectivity index (χ0) is 16.5. The van der Waals surface area contributed by atoms with Crippen LogP contribution in [0.3, 0.4) is 0 Å². The average Bonchev–Trinajstić information content (AvgIpc) is 2.34. The predicted octanol–water partition coefficient (Wildman–Crippen LogP) is 3.42. The Bertz CT molecular complexity index is 582. The van der Waals surface area contributed by atoms with E-state index in [9.17, 15) is 14.7 Å². The van der Waals surface area contributed by atoms with Crippen LogP contribution in [0.1, 0.15) is 38.7 Å². The van der Waals surface area contributed by atoms with Crippen molar-refractivity contribution < 1.29 is 19.4 Å². The van der Waals surface area contributed by atoms with Crippen LogP contribution in [0.15, 0.2) is 24.3 Å². The SMILES string of the molecule is CC(C)(C)OC(=O)NC1CC(C(=O)O)C1c1ccccc1Cl. The van der Waals surface area contributed by atoms with Crippen LogP contribution in [0.25, 0.3) is 0 Å². The number of amides is 1. The van der Waals surface area contributed by atoms with Gasteiger partial charge in [0.15, 0.2) is 0 Å². The first-order valence-electron chi connectivity index (χ1n) is 7.16. The number of halogens is 1. The smallest absolute Gasteiger partial charge is 0.407 e. The zero-order valence-electron chi connectivity index (χ0n) is 12.8. The number of alkyl carbamates (subject to hydrolysis) is 1. The fraction of sp³-hybridized carbons (Fsp3) is 0.500. The van der Waals surface area contributed by atoms with Crippen molar-refractivity contribution in [2.24, 2.45) is 5.92 Å². The highest BCUT2D eigenvalue weighted by molar-refractivity contribution is 6.31. The molecule has 3 unspecified atom stereocenters. The van der Waals surface area contributed by atoms with Gasteiger partial charge in [0.1, 0.15) is 5.60 Å². The Morgan fingerprint density at radius 1 is 1.32 bits per heavy atom. The molecule has 0 saturated heterocycles. The molecule has 2 rings (SSSR count). The molecular weight excluding hydrogens is 306 g/mol. The Balaban J connectivity index is 2.14. The Hall–Kier alpha value is -1.75. The third-order valence-corrected chi connectivity index (χ3v) is 4.00. The second-order valence-electron chi connectivity index (χ2n) is 6.48. The molecule has 1 saturated carbocycles. The number of ether oxygens (including phenoxy) is 1. The summed E-state index contributed by atoms with van der Waals surface area (Å²) in [7, 11) is 0. The highest BCUT2D eigenvalue weighted by Crippen LogP contribution is 2.45. The average molecular weight is 326 g/mol. The molecule has 22 heavy (non-hydrogen) atoms. The molecule has 0 heterocycles. The number of benzene rings is 1. The van der Waals surface area contributed by atoms with Gasteiger partial charge in [-0.2, -0.15) is 0 Å². The van der Waals surface area contributed by atoms with E-state index in [0.29, 0.717) is 11.4 Å². The van der Waals surface area contributed by atoms with Crippen molar-refractivity contribution in [1.29, 1.82) is 0 Å². The molecule has 1 amide bonds. The lowest BCUT2D eigenvalue weighted by Crippen LogP contribution is -2.54. The molecule has 1 aliphatic carbocycles. The van der Waals surface area contributed by atoms with Crippen LogP contribution in [-0.4, -0.2) is 28.8 Å². The summed E-state index contributed by atoms with van der Waals surface area (Å²) in [6.45, 7) is 5.33. The number of aliphatic carboxylic acids is 1. The number of hydrogen-bond donors (Lipinski definition) is 2. The summed E-state index contributed by atoms with van der Waals surface area (Å²) < 4.78 is 5.22. The molecule has 3 atom stereocenters. The maximum absolute atomic E-state index is 11.9. The first-order chi connectivity index (χ1) is 10.2. The number of carboxylic acids is 1. The van der Waals surface area contributed by atoms with Gasteiger partial charge in [0, 0.05) is 17.0 Å². The fourth-order valence-electron chi connectivity index (χ4n) is 2.69. The van der Waals surface area contributed by atoms with Crippen LogP contribution in [-0.2, 0) is 9.53 Å². The van der Waals surface area contributed by atoms with Gasteiger partial charge in [-0.05, 0) is 38.8 Å². The Kier molecular flexibility index (Phi) is 4.66. The Morgan fingerprint density at radius 3 is 2.50 bits per heavy atom. The molecule has 120 valence electrons. The quantitative estimate of drug-likeness (QED) is 0.892. The largest absolute Gasteiger partial charge is 0.481 e. The second kappa shape index (κ2) is 6.16. The minimum atomic E-state index is -0.882. The van der Waals surface area contributed by atoms with Crippen LogP contribution in [0.4, 0.5) is 4.79 Å². The van der Waals surface area contributed by atoms with E-state index in [1.165, 1.54) is 0 Å². The van der Waals surface area contributed by atoms with Gasteiger partial charge in [-0.25, -0.2) is 4.79 Å². The van der Waals surface area contributed by atoms with E-state index >= 15 is 0 Å². The van der Waals surface area contributed by atoms with Crippen LogP contribution in [0, 0.1) is 5.92 Å². The van der Waals surface area contributed by atoms with Crippen molar-refractivity contribution >= 4 is 23.7 Å². The fourth-order valence-corrected chi connectivity index (χ4v) is 2.95. The van der Waals surface area contributed by atoms with Crippen molar-refractivity contribution in [3.05, 3.63) is 34.9 Å². The number of hydrogen-bond acceptors (Lipinski definition) is 3. The van der Waals surface area contributed by atoms with Crippen molar-refractivity contribution in [2.75, 3.05) is 0 Å². The van der Waals surface area contributed by atoms with Gasteiger partial charge < -0.3 is 15.2 Å². The number of carboxylic acid groups (broad SMARTS) is 1. The molecule has 0 spiro atoms. The van der Waals surface area contributed by atoms with Crippen molar-refractivity contribution in [3.63, 3.8) is 0 Å². The van der Waals surface area contributed by atoms with E-state index in [1.807, 2.05) is 6.07 Å². The Labute approximate surface area is 134 Å². The molecule has 0 bridgehead atoms. The molecule has 5 nitrogen and oxygen atoms in total. The summed E-state index contributed by atoms with van der Waals surface area (Å²) in [5, 5.41) is 12.6. The van der Waals surface area contributed by atoms with E-state index in [2.05, 4.69) is 5.32 Å². The van der Waals surface area contributed by atoms with Crippen molar-refractivity contribution in [1.82, 2.24) is 5.32 Å². The van der Waals surface area contributed by atoms with Crippen molar-refractivity contribution in [3.8, 4) is 0 Å². The number of carbonyl (C=O) groups excluding carboxylic acids is 1.